The van der Waals surface area contributed by atoms with Crippen molar-refractivity contribution >= 4 is 11.9 Å². The third kappa shape index (κ3) is 4.63. The summed E-state index contributed by atoms with van der Waals surface area (Å²) in [6.07, 6.45) is 2.92. The number of urea groups is 1. The van der Waals surface area contributed by atoms with Crippen molar-refractivity contribution < 1.29 is 23.2 Å². The van der Waals surface area contributed by atoms with Crippen LogP contribution in [0.5, 0.6) is 0 Å². The highest BCUT2D eigenvalue weighted by atomic mass is 16.5. The van der Waals surface area contributed by atoms with Crippen molar-refractivity contribution in [3.05, 3.63) is 48.3 Å². The summed E-state index contributed by atoms with van der Waals surface area (Å²) in [6.45, 7) is 1.46. The Labute approximate surface area is 145 Å². The van der Waals surface area contributed by atoms with E-state index in [-0.39, 0.29) is 24.6 Å². The number of morpholine rings is 1. The van der Waals surface area contributed by atoms with Crippen LogP contribution >= 0.6 is 0 Å². The summed E-state index contributed by atoms with van der Waals surface area (Å²) in [5.41, 5.74) is 0. The molecule has 25 heavy (non-hydrogen) atoms. The summed E-state index contributed by atoms with van der Waals surface area (Å²) in [6, 6.07) is 6.93. The van der Waals surface area contributed by atoms with Crippen molar-refractivity contribution in [3.8, 4) is 0 Å². The van der Waals surface area contributed by atoms with Gasteiger partial charge in [-0.3, -0.25) is 4.79 Å². The lowest BCUT2D eigenvalue weighted by atomic mass is 10.3. The van der Waals surface area contributed by atoms with E-state index in [4.69, 9.17) is 13.6 Å². The average Bonchev–Trinajstić information content (AvgIpc) is 3.29. The fraction of sp³-hybridized carbons (Fsp3) is 0.412. The van der Waals surface area contributed by atoms with Gasteiger partial charge >= 0.3 is 6.03 Å². The van der Waals surface area contributed by atoms with E-state index in [1.807, 2.05) is 12.1 Å². The zero-order chi connectivity index (χ0) is 17.6. The van der Waals surface area contributed by atoms with Gasteiger partial charge in [-0.15, -0.1) is 0 Å². The number of furan rings is 2. The van der Waals surface area contributed by atoms with Crippen LogP contribution in [-0.2, 0) is 22.6 Å². The number of carbonyl (C=O) groups excluding carboxylic acids is 2. The molecule has 8 heteroatoms. The maximum Gasteiger partial charge on any atom is 0.318 e. The molecule has 3 amide bonds. The Balaban J connectivity index is 1.57. The first-order valence-electron chi connectivity index (χ1n) is 8.05. The van der Waals surface area contributed by atoms with Crippen LogP contribution in [0.1, 0.15) is 11.5 Å². The number of ether oxygens (including phenoxy) is 1. The SMILES string of the molecule is CN1CC(CNC(=O)N(Cc2ccco2)Cc2ccco2)OCC1=O. The molecule has 0 spiro atoms. The topological polar surface area (TPSA) is 88.2 Å². The maximum atomic E-state index is 12.6. The van der Waals surface area contributed by atoms with Gasteiger partial charge in [0.1, 0.15) is 18.1 Å². The zero-order valence-corrected chi connectivity index (χ0v) is 14.0. The monoisotopic (exact) mass is 347 g/mol. The van der Waals surface area contributed by atoms with Gasteiger partial charge in [0.2, 0.25) is 5.91 Å². The normalized spacial score (nSPS) is 17.6. The molecule has 0 radical (unpaired) electrons. The summed E-state index contributed by atoms with van der Waals surface area (Å²) in [4.78, 5) is 27.2. The van der Waals surface area contributed by atoms with Gasteiger partial charge in [0.25, 0.3) is 0 Å². The molecule has 0 saturated carbocycles. The zero-order valence-electron chi connectivity index (χ0n) is 14.0. The molecule has 8 nitrogen and oxygen atoms in total. The number of rotatable bonds is 6. The number of amides is 3. The second-order valence-electron chi connectivity index (χ2n) is 5.91. The van der Waals surface area contributed by atoms with Crippen molar-refractivity contribution in [1.82, 2.24) is 15.1 Å². The van der Waals surface area contributed by atoms with Gasteiger partial charge in [0.05, 0.1) is 31.7 Å². The molecule has 2 aromatic rings. The lowest BCUT2D eigenvalue weighted by Crippen LogP contribution is -2.50. The molecule has 2 aromatic heterocycles. The largest absolute Gasteiger partial charge is 0.467 e. The number of nitrogens with one attached hydrogen (secondary N) is 1. The van der Waals surface area contributed by atoms with Crippen LogP contribution < -0.4 is 5.32 Å². The smallest absolute Gasteiger partial charge is 0.318 e. The Hall–Kier alpha value is -2.74. The van der Waals surface area contributed by atoms with Crippen molar-refractivity contribution in [1.29, 1.82) is 0 Å². The van der Waals surface area contributed by atoms with Gasteiger partial charge in [-0.2, -0.15) is 0 Å². The number of nitrogens with zero attached hydrogens (tertiary/aromatic N) is 2. The Morgan fingerprint density at radius 1 is 1.24 bits per heavy atom. The molecule has 1 unspecified atom stereocenters. The maximum absolute atomic E-state index is 12.6. The first-order valence-corrected chi connectivity index (χ1v) is 8.05. The Morgan fingerprint density at radius 3 is 2.40 bits per heavy atom. The molecule has 0 aliphatic carbocycles. The van der Waals surface area contributed by atoms with E-state index >= 15 is 0 Å². The van der Waals surface area contributed by atoms with Gasteiger partial charge in [0.15, 0.2) is 0 Å². The Morgan fingerprint density at radius 2 is 1.88 bits per heavy atom. The fourth-order valence-corrected chi connectivity index (χ4v) is 2.58. The summed E-state index contributed by atoms with van der Waals surface area (Å²) in [5.74, 6) is 1.31. The van der Waals surface area contributed by atoms with Crippen LogP contribution in [0.2, 0.25) is 0 Å². The number of hydrogen-bond donors (Lipinski definition) is 1. The molecule has 1 fully saturated rings. The van der Waals surface area contributed by atoms with Gasteiger partial charge in [-0.1, -0.05) is 0 Å². The summed E-state index contributed by atoms with van der Waals surface area (Å²) < 4.78 is 16.1. The second-order valence-corrected chi connectivity index (χ2v) is 5.91. The molecule has 1 aliphatic heterocycles. The summed E-state index contributed by atoms with van der Waals surface area (Å²) >= 11 is 0. The van der Waals surface area contributed by atoms with E-state index < -0.39 is 0 Å². The van der Waals surface area contributed by atoms with Crippen LogP contribution in [0, 0.1) is 0 Å². The molecule has 134 valence electrons. The third-order valence-corrected chi connectivity index (χ3v) is 3.97. The Bertz CT molecular complexity index is 647. The van der Waals surface area contributed by atoms with Gasteiger partial charge in [0, 0.05) is 20.1 Å². The quantitative estimate of drug-likeness (QED) is 0.854. The summed E-state index contributed by atoms with van der Waals surface area (Å²) in [7, 11) is 1.72. The van der Waals surface area contributed by atoms with Crippen molar-refractivity contribution in [3.63, 3.8) is 0 Å². The van der Waals surface area contributed by atoms with E-state index in [0.29, 0.717) is 37.7 Å². The first-order chi connectivity index (χ1) is 12.1. The number of hydrogen-bond acceptors (Lipinski definition) is 5. The molecular weight excluding hydrogens is 326 g/mol. The number of likely N-dealkylation sites (N-methyl/N-ethyl adjacent to an activating group) is 1. The van der Waals surface area contributed by atoms with Crippen LogP contribution in [-0.4, -0.2) is 54.6 Å². The molecular formula is C17H21N3O5. The standard InChI is InChI=1S/C17H21N3O5/c1-19-9-15(25-12-16(19)21)8-18-17(22)20(10-13-4-2-6-23-13)11-14-5-3-7-24-14/h2-7,15H,8-12H2,1H3,(H,18,22). The van der Waals surface area contributed by atoms with Gasteiger partial charge in [-0.25, -0.2) is 4.79 Å². The first kappa shape index (κ1) is 17.1. The lowest BCUT2D eigenvalue weighted by Gasteiger charge is -2.30. The molecule has 0 bridgehead atoms. The molecule has 1 N–H and O–H groups in total. The average molecular weight is 347 g/mol. The van der Waals surface area contributed by atoms with E-state index in [0.717, 1.165) is 0 Å². The third-order valence-electron chi connectivity index (χ3n) is 3.97. The molecule has 1 saturated heterocycles. The van der Waals surface area contributed by atoms with E-state index in [1.165, 1.54) is 0 Å². The van der Waals surface area contributed by atoms with Crippen molar-refractivity contribution in [2.24, 2.45) is 0 Å². The predicted molar refractivity (Wildman–Crippen MR) is 87.4 cm³/mol. The lowest BCUT2D eigenvalue weighted by molar-refractivity contribution is -0.146. The van der Waals surface area contributed by atoms with Crippen LogP contribution in [0.4, 0.5) is 4.79 Å². The van der Waals surface area contributed by atoms with Crippen molar-refractivity contribution in [2.45, 2.75) is 19.2 Å². The van der Waals surface area contributed by atoms with Crippen LogP contribution in [0.15, 0.2) is 45.6 Å². The summed E-state index contributed by atoms with van der Waals surface area (Å²) in [5, 5.41) is 2.85. The van der Waals surface area contributed by atoms with Crippen molar-refractivity contribution in [2.75, 3.05) is 26.7 Å². The number of carbonyl (C=O) groups is 2. The highest BCUT2D eigenvalue weighted by molar-refractivity contribution is 5.78. The molecule has 3 heterocycles. The molecule has 1 atom stereocenters. The van der Waals surface area contributed by atoms with E-state index in [1.54, 1.807) is 41.5 Å². The van der Waals surface area contributed by atoms with E-state index in [9.17, 15) is 9.59 Å². The minimum Gasteiger partial charge on any atom is -0.467 e. The fourth-order valence-electron chi connectivity index (χ4n) is 2.58. The molecule has 1 aliphatic rings. The Kier molecular flexibility index (Phi) is 5.39. The predicted octanol–water partition coefficient (Wildman–Crippen LogP) is 1.44. The van der Waals surface area contributed by atoms with Crippen LogP contribution in [0.3, 0.4) is 0 Å². The molecule has 3 rings (SSSR count). The molecule has 0 aromatic carbocycles. The minimum atomic E-state index is -0.254. The van der Waals surface area contributed by atoms with Gasteiger partial charge in [-0.05, 0) is 24.3 Å². The van der Waals surface area contributed by atoms with Crippen LogP contribution in [0.25, 0.3) is 0 Å². The highest BCUT2D eigenvalue weighted by Gasteiger charge is 2.25. The van der Waals surface area contributed by atoms with E-state index in [2.05, 4.69) is 5.32 Å². The van der Waals surface area contributed by atoms with Gasteiger partial charge < -0.3 is 28.7 Å². The minimum absolute atomic E-state index is 0.0412. The second kappa shape index (κ2) is 7.89. The highest BCUT2D eigenvalue weighted by Crippen LogP contribution is 2.12.